The summed E-state index contributed by atoms with van der Waals surface area (Å²) in [6.45, 7) is 0. The molecule has 12 heavy (non-hydrogen) atoms. The standard InChI is InChI=1S/C7H6O3.CH3.Na/c8-6-3-1-5(2-4-6)7(9)10;;/h1-4,8H,(H,9,10);1H3;. The van der Waals surface area contributed by atoms with Gasteiger partial charge in [0.1, 0.15) is 5.75 Å². The Morgan fingerprint density at radius 2 is 1.67 bits per heavy atom. The van der Waals surface area contributed by atoms with Gasteiger partial charge in [0.05, 0.1) is 5.56 Å². The van der Waals surface area contributed by atoms with E-state index in [1.165, 1.54) is 52.2 Å². The van der Waals surface area contributed by atoms with Crippen LogP contribution < -0.4 is 0 Å². The first-order valence-electron chi connectivity index (χ1n) is 3.72. The summed E-state index contributed by atoms with van der Waals surface area (Å²) in [7, 11) is 0. The van der Waals surface area contributed by atoms with E-state index in [0.717, 1.165) is 0 Å². The Balaban J connectivity index is 0.000000561. The predicted octanol–water partition coefficient (Wildman–Crippen LogP) is 1.29. The van der Waals surface area contributed by atoms with E-state index in [4.69, 9.17) is 10.2 Å². The van der Waals surface area contributed by atoms with Crippen molar-refractivity contribution < 1.29 is 15.0 Å². The van der Waals surface area contributed by atoms with Gasteiger partial charge in [-0.3, -0.25) is 0 Å². The van der Waals surface area contributed by atoms with Gasteiger partial charge in [0.15, 0.2) is 0 Å². The molecule has 1 aromatic carbocycles. The molecular weight excluding hydrogens is 167 g/mol. The summed E-state index contributed by atoms with van der Waals surface area (Å²) in [5.74, 6) is -0.912. The van der Waals surface area contributed by atoms with E-state index in [2.05, 4.69) is 4.17 Å². The van der Waals surface area contributed by atoms with Gasteiger partial charge in [-0.1, -0.05) is 0 Å². The number of benzene rings is 1. The van der Waals surface area contributed by atoms with Crippen LogP contribution in [0.15, 0.2) is 24.3 Å². The van der Waals surface area contributed by atoms with E-state index in [1.807, 2.05) is 0 Å². The van der Waals surface area contributed by atoms with Crippen LogP contribution in [0.4, 0.5) is 0 Å². The molecule has 60 valence electrons. The molecule has 2 N–H and O–H groups in total. The number of hydrogen-bond donors (Lipinski definition) is 2. The van der Waals surface area contributed by atoms with Gasteiger partial charge >= 0.3 is 38.1 Å². The van der Waals surface area contributed by atoms with Crippen LogP contribution in [-0.4, -0.2) is 44.1 Å². The van der Waals surface area contributed by atoms with Crippen LogP contribution >= 0.6 is 0 Å². The molecule has 0 saturated carbocycles. The van der Waals surface area contributed by atoms with Crippen molar-refractivity contribution in [2.24, 2.45) is 0 Å². The molecule has 0 saturated heterocycles. The molecule has 0 aliphatic rings. The Labute approximate surface area is 88.5 Å². The first kappa shape index (κ1) is 11.5. The van der Waals surface area contributed by atoms with Crippen LogP contribution in [0.2, 0.25) is 4.17 Å². The molecule has 0 aliphatic carbocycles. The number of aromatic carboxylic acids is 1. The zero-order chi connectivity index (χ0) is 9.56. The summed E-state index contributed by atoms with van der Waals surface area (Å²) >= 11 is 1.31. The van der Waals surface area contributed by atoms with Crippen molar-refractivity contribution >= 4 is 33.9 Å². The number of carbonyl (C=O) groups is 1. The van der Waals surface area contributed by atoms with Crippen molar-refractivity contribution in [2.45, 2.75) is 4.17 Å². The summed E-state index contributed by atoms with van der Waals surface area (Å²) in [5.41, 5.74) is 0.179. The van der Waals surface area contributed by atoms with E-state index in [9.17, 15) is 4.79 Å². The quantitative estimate of drug-likeness (QED) is 0.634. The summed E-state index contributed by atoms with van der Waals surface area (Å²) in [4.78, 5) is 10.2. The fourth-order valence-electron chi connectivity index (χ4n) is 0.604. The second-order valence-electron chi connectivity index (χ2n) is 1.85. The first-order chi connectivity index (χ1) is 5.70. The molecule has 0 spiro atoms. The Morgan fingerprint density at radius 1 is 1.25 bits per heavy atom. The Morgan fingerprint density at radius 3 is 2.00 bits per heavy atom. The van der Waals surface area contributed by atoms with Crippen LogP contribution in [0.5, 0.6) is 5.75 Å². The molecule has 0 fully saturated rings. The van der Waals surface area contributed by atoms with Gasteiger partial charge < -0.3 is 10.2 Å². The van der Waals surface area contributed by atoms with Crippen LogP contribution in [0, 0.1) is 0 Å². The number of carboxylic acid groups (broad SMARTS) is 1. The van der Waals surface area contributed by atoms with Gasteiger partial charge in [-0.05, 0) is 24.3 Å². The number of aromatic hydroxyl groups is 1. The normalized spacial score (nSPS) is 8.25. The Kier molecular flexibility index (Phi) is 5.80. The predicted molar refractivity (Wildman–Crippen MR) is 46.7 cm³/mol. The van der Waals surface area contributed by atoms with E-state index < -0.39 is 5.97 Å². The van der Waals surface area contributed by atoms with Gasteiger partial charge in [-0.2, -0.15) is 0 Å². The molecule has 0 heterocycles. The molecule has 1 aromatic rings. The van der Waals surface area contributed by atoms with E-state index >= 15 is 0 Å². The molecule has 0 bridgehead atoms. The van der Waals surface area contributed by atoms with Gasteiger partial charge in [-0.25, -0.2) is 4.79 Å². The SMILES string of the molecule is O=C(O)c1ccc(O)cc1.[CH3][Na]. The molecule has 4 heteroatoms. The fraction of sp³-hybridized carbons (Fsp3) is 0.125. The minimum atomic E-state index is -0.986. The minimum absolute atomic E-state index is 0.0741. The number of phenols is 1. The fourth-order valence-corrected chi connectivity index (χ4v) is 0.604. The van der Waals surface area contributed by atoms with Crippen LogP contribution in [0.25, 0.3) is 0 Å². The topological polar surface area (TPSA) is 57.5 Å². The van der Waals surface area contributed by atoms with Crippen LogP contribution in [0.3, 0.4) is 0 Å². The van der Waals surface area contributed by atoms with E-state index in [1.54, 1.807) is 0 Å². The van der Waals surface area contributed by atoms with Crippen LogP contribution in [0.1, 0.15) is 10.4 Å². The maximum atomic E-state index is 10.2. The van der Waals surface area contributed by atoms with Crippen molar-refractivity contribution in [2.75, 3.05) is 0 Å². The third kappa shape index (κ3) is 3.76. The van der Waals surface area contributed by atoms with E-state index in [0.29, 0.717) is 0 Å². The molecule has 3 nitrogen and oxygen atoms in total. The summed E-state index contributed by atoms with van der Waals surface area (Å²) in [5, 5.41) is 17.1. The van der Waals surface area contributed by atoms with Gasteiger partial charge in [0.2, 0.25) is 0 Å². The van der Waals surface area contributed by atoms with Gasteiger partial charge in [0, 0.05) is 0 Å². The van der Waals surface area contributed by atoms with Crippen molar-refractivity contribution in [1.82, 2.24) is 0 Å². The molecular formula is C8H9NaO3. The van der Waals surface area contributed by atoms with E-state index in [-0.39, 0.29) is 11.3 Å². The number of rotatable bonds is 1. The molecule has 0 amide bonds. The van der Waals surface area contributed by atoms with Gasteiger partial charge in [0.25, 0.3) is 0 Å². The summed E-state index contributed by atoms with van der Waals surface area (Å²) in [6.07, 6.45) is 0. The number of carboxylic acids is 1. The van der Waals surface area contributed by atoms with Crippen LogP contribution in [-0.2, 0) is 0 Å². The Hall–Kier alpha value is -0.510. The summed E-state index contributed by atoms with van der Waals surface area (Å²) < 4.78 is 2.14. The second kappa shape index (κ2) is 6.06. The first-order valence-corrected chi connectivity index (χ1v) is 5.72. The molecule has 0 radical (unpaired) electrons. The number of phenolic OH excluding ortho intramolecular Hbond substituents is 1. The third-order valence-corrected chi connectivity index (χ3v) is 1.11. The second-order valence-corrected chi connectivity index (χ2v) is 1.85. The molecule has 0 atom stereocenters. The average Bonchev–Trinajstić information content (AvgIpc) is 2.09. The van der Waals surface area contributed by atoms with Crippen molar-refractivity contribution in [3.8, 4) is 5.75 Å². The monoisotopic (exact) mass is 176 g/mol. The number of hydrogen-bond acceptors (Lipinski definition) is 2. The molecule has 0 unspecified atom stereocenters. The third-order valence-electron chi connectivity index (χ3n) is 1.11. The maximum absolute atomic E-state index is 10.2. The van der Waals surface area contributed by atoms with Crippen molar-refractivity contribution in [1.29, 1.82) is 0 Å². The molecule has 0 aliphatic heterocycles. The van der Waals surface area contributed by atoms with Gasteiger partial charge in [-0.15, -0.1) is 0 Å². The zero-order valence-corrected chi connectivity index (χ0v) is 9.11. The summed E-state index contributed by atoms with van der Waals surface area (Å²) in [6, 6.07) is 5.36. The zero-order valence-electron chi connectivity index (χ0n) is 7.11. The van der Waals surface area contributed by atoms with Crippen molar-refractivity contribution in [3.63, 3.8) is 0 Å². The molecule has 1 rings (SSSR count). The van der Waals surface area contributed by atoms with Crippen molar-refractivity contribution in [3.05, 3.63) is 29.8 Å². The average molecular weight is 176 g/mol. The molecule has 0 aromatic heterocycles. The Bertz CT molecular complexity index is 243.